The third-order valence-corrected chi connectivity index (χ3v) is 5.28. The Bertz CT molecular complexity index is 239. The highest BCUT2D eigenvalue weighted by atomic mass is 15.2. The Hall–Kier alpha value is -0.0800. The van der Waals surface area contributed by atoms with E-state index in [1.165, 1.54) is 83.8 Å². The van der Waals surface area contributed by atoms with Crippen molar-refractivity contribution in [1.29, 1.82) is 0 Å². The highest BCUT2D eigenvalue weighted by molar-refractivity contribution is 4.98. The van der Waals surface area contributed by atoms with Crippen LogP contribution < -0.4 is 5.32 Å². The lowest BCUT2D eigenvalue weighted by Gasteiger charge is -2.39. The van der Waals surface area contributed by atoms with Crippen molar-refractivity contribution >= 4 is 0 Å². The Morgan fingerprint density at radius 2 is 1.65 bits per heavy atom. The average Bonchev–Trinajstić information content (AvgIpc) is 2.71. The quantitative estimate of drug-likeness (QED) is 0.753. The van der Waals surface area contributed by atoms with E-state index in [-0.39, 0.29) is 0 Å². The van der Waals surface area contributed by atoms with Crippen LogP contribution in [0.5, 0.6) is 0 Å². The molecule has 0 atom stereocenters. The van der Waals surface area contributed by atoms with Crippen LogP contribution in [0.1, 0.15) is 64.2 Å². The molecule has 1 N–H and O–H groups in total. The molecule has 1 spiro atoms. The molecule has 3 rings (SSSR count). The second-order valence-electron chi connectivity index (χ2n) is 6.53. The molecule has 3 fully saturated rings. The van der Waals surface area contributed by atoms with Crippen LogP contribution in [0.2, 0.25) is 0 Å². The molecule has 2 nitrogen and oxygen atoms in total. The molecule has 0 aromatic heterocycles. The van der Waals surface area contributed by atoms with Crippen LogP contribution in [0.25, 0.3) is 0 Å². The van der Waals surface area contributed by atoms with Crippen molar-refractivity contribution in [1.82, 2.24) is 10.2 Å². The van der Waals surface area contributed by atoms with E-state index >= 15 is 0 Å². The SMILES string of the molecule is C1CCC(N2CCCNC3(CCCC3)C2)CC1. The normalized spacial score (nSPS) is 31.8. The van der Waals surface area contributed by atoms with E-state index in [4.69, 9.17) is 0 Å². The van der Waals surface area contributed by atoms with Crippen LogP contribution in [-0.2, 0) is 0 Å². The molecule has 2 aliphatic carbocycles. The average molecular weight is 236 g/mol. The standard InChI is InChI=1S/C15H28N2/c1-2-7-14(8-3-1)17-12-6-11-16-15(13-17)9-4-5-10-15/h14,16H,1-13H2. The Balaban J connectivity index is 1.66. The first-order valence-electron chi connectivity index (χ1n) is 7.87. The van der Waals surface area contributed by atoms with E-state index in [0.29, 0.717) is 5.54 Å². The molecule has 3 aliphatic rings. The fourth-order valence-electron chi connectivity index (χ4n) is 4.30. The lowest BCUT2D eigenvalue weighted by Crippen LogP contribution is -2.51. The van der Waals surface area contributed by atoms with Crippen molar-refractivity contribution in [3.63, 3.8) is 0 Å². The summed E-state index contributed by atoms with van der Waals surface area (Å²) in [5, 5.41) is 3.88. The monoisotopic (exact) mass is 236 g/mol. The van der Waals surface area contributed by atoms with Gasteiger partial charge in [0.1, 0.15) is 0 Å². The van der Waals surface area contributed by atoms with Crippen LogP contribution >= 0.6 is 0 Å². The Kier molecular flexibility index (Phi) is 3.72. The number of rotatable bonds is 1. The molecule has 0 aromatic rings. The molecule has 0 radical (unpaired) electrons. The summed E-state index contributed by atoms with van der Waals surface area (Å²) in [6.45, 7) is 3.94. The van der Waals surface area contributed by atoms with E-state index < -0.39 is 0 Å². The summed E-state index contributed by atoms with van der Waals surface area (Å²) in [6, 6.07) is 0.918. The molecule has 2 heteroatoms. The maximum absolute atomic E-state index is 3.88. The van der Waals surface area contributed by atoms with Gasteiger partial charge in [0.25, 0.3) is 0 Å². The topological polar surface area (TPSA) is 15.3 Å². The molecule has 98 valence electrons. The summed E-state index contributed by atoms with van der Waals surface area (Å²) < 4.78 is 0. The van der Waals surface area contributed by atoms with Gasteiger partial charge in [-0.25, -0.2) is 0 Å². The number of nitrogens with zero attached hydrogens (tertiary/aromatic N) is 1. The highest BCUT2D eigenvalue weighted by Gasteiger charge is 2.38. The minimum Gasteiger partial charge on any atom is -0.310 e. The maximum atomic E-state index is 3.88. The summed E-state index contributed by atoms with van der Waals surface area (Å²) in [6.07, 6.45) is 14.5. The molecule has 0 amide bonds. The van der Waals surface area contributed by atoms with Gasteiger partial charge in [0, 0.05) is 18.1 Å². The van der Waals surface area contributed by atoms with Crippen LogP contribution in [0.15, 0.2) is 0 Å². The van der Waals surface area contributed by atoms with Gasteiger partial charge >= 0.3 is 0 Å². The molecule has 2 saturated carbocycles. The summed E-state index contributed by atoms with van der Waals surface area (Å²) in [4.78, 5) is 2.85. The first-order valence-corrected chi connectivity index (χ1v) is 7.87. The lowest BCUT2D eigenvalue weighted by molar-refractivity contribution is 0.127. The fourth-order valence-corrected chi connectivity index (χ4v) is 4.30. The number of hydrogen-bond donors (Lipinski definition) is 1. The van der Waals surface area contributed by atoms with Crippen LogP contribution in [-0.4, -0.2) is 36.1 Å². The van der Waals surface area contributed by atoms with E-state index in [2.05, 4.69) is 10.2 Å². The first kappa shape index (κ1) is 12.0. The van der Waals surface area contributed by atoms with E-state index in [1.807, 2.05) is 0 Å². The largest absolute Gasteiger partial charge is 0.310 e. The molecule has 1 saturated heterocycles. The molecule has 17 heavy (non-hydrogen) atoms. The van der Waals surface area contributed by atoms with Crippen LogP contribution in [0, 0.1) is 0 Å². The third kappa shape index (κ3) is 2.68. The second-order valence-corrected chi connectivity index (χ2v) is 6.53. The van der Waals surface area contributed by atoms with Gasteiger partial charge in [-0.05, 0) is 45.2 Å². The van der Waals surface area contributed by atoms with E-state index in [9.17, 15) is 0 Å². The molecule has 1 aliphatic heterocycles. The zero-order valence-corrected chi connectivity index (χ0v) is 11.2. The van der Waals surface area contributed by atoms with Gasteiger partial charge in [-0.3, -0.25) is 4.90 Å². The van der Waals surface area contributed by atoms with Crippen molar-refractivity contribution < 1.29 is 0 Å². The third-order valence-electron chi connectivity index (χ3n) is 5.28. The van der Waals surface area contributed by atoms with Crippen LogP contribution in [0.3, 0.4) is 0 Å². The van der Waals surface area contributed by atoms with E-state index in [0.717, 1.165) is 6.04 Å². The zero-order chi connectivity index (χ0) is 11.6. The van der Waals surface area contributed by atoms with Crippen LogP contribution in [0.4, 0.5) is 0 Å². The maximum Gasteiger partial charge on any atom is 0.0308 e. The van der Waals surface area contributed by atoms with E-state index in [1.54, 1.807) is 0 Å². The molecule has 1 heterocycles. The first-order chi connectivity index (χ1) is 8.38. The predicted octanol–water partition coefficient (Wildman–Crippen LogP) is 2.93. The Labute approximate surface area is 106 Å². The van der Waals surface area contributed by atoms with Crippen molar-refractivity contribution in [2.75, 3.05) is 19.6 Å². The summed E-state index contributed by atoms with van der Waals surface area (Å²) in [7, 11) is 0. The number of hydrogen-bond acceptors (Lipinski definition) is 2. The van der Waals surface area contributed by atoms with Gasteiger partial charge < -0.3 is 5.32 Å². The fraction of sp³-hybridized carbons (Fsp3) is 1.00. The summed E-state index contributed by atoms with van der Waals surface area (Å²) >= 11 is 0. The van der Waals surface area contributed by atoms with Gasteiger partial charge in [-0.15, -0.1) is 0 Å². The molecular weight excluding hydrogens is 208 g/mol. The van der Waals surface area contributed by atoms with Gasteiger partial charge in [-0.2, -0.15) is 0 Å². The second kappa shape index (κ2) is 5.27. The predicted molar refractivity (Wildman–Crippen MR) is 72.3 cm³/mol. The zero-order valence-electron chi connectivity index (χ0n) is 11.2. The van der Waals surface area contributed by atoms with Crippen molar-refractivity contribution in [2.45, 2.75) is 75.8 Å². The van der Waals surface area contributed by atoms with Crippen molar-refractivity contribution in [3.8, 4) is 0 Å². The molecule has 0 unspecified atom stereocenters. The summed E-state index contributed by atoms with van der Waals surface area (Å²) in [5.74, 6) is 0. The molecule has 0 aromatic carbocycles. The Morgan fingerprint density at radius 3 is 2.41 bits per heavy atom. The minimum atomic E-state index is 0.508. The smallest absolute Gasteiger partial charge is 0.0308 e. The van der Waals surface area contributed by atoms with Crippen molar-refractivity contribution in [3.05, 3.63) is 0 Å². The highest BCUT2D eigenvalue weighted by Crippen LogP contribution is 2.34. The molecular formula is C15H28N2. The summed E-state index contributed by atoms with van der Waals surface area (Å²) in [5.41, 5.74) is 0.508. The Morgan fingerprint density at radius 1 is 0.882 bits per heavy atom. The number of nitrogens with one attached hydrogen (secondary N) is 1. The minimum absolute atomic E-state index is 0.508. The van der Waals surface area contributed by atoms with Gasteiger partial charge in [-0.1, -0.05) is 32.1 Å². The van der Waals surface area contributed by atoms with Gasteiger partial charge in [0.05, 0.1) is 0 Å². The van der Waals surface area contributed by atoms with Gasteiger partial charge in [0.2, 0.25) is 0 Å². The van der Waals surface area contributed by atoms with Gasteiger partial charge in [0.15, 0.2) is 0 Å². The molecule has 0 bridgehead atoms. The van der Waals surface area contributed by atoms with Crippen molar-refractivity contribution in [2.24, 2.45) is 0 Å². The lowest BCUT2D eigenvalue weighted by atomic mass is 9.91.